The third-order valence-corrected chi connectivity index (χ3v) is 2.63. The van der Waals surface area contributed by atoms with Gasteiger partial charge in [-0.05, 0) is 31.9 Å². The molecule has 1 aromatic heterocycles. The lowest BCUT2D eigenvalue weighted by atomic mass is 10.1. The van der Waals surface area contributed by atoms with Crippen LogP contribution in [0.3, 0.4) is 0 Å². The van der Waals surface area contributed by atoms with Gasteiger partial charge in [-0.2, -0.15) is 5.26 Å². The molecule has 0 radical (unpaired) electrons. The second-order valence-electron chi connectivity index (χ2n) is 4.00. The monoisotopic (exact) mass is 217 g/mol. The van der Waals surface area contributed by atoms with Crippen molar-refractivity contribution >= 4 is 5.82 Å². The summed E-state index contributed by atoms with van der Waals surface area (Å²) in [5, 5.41) is 12.4. The van der Waals surface area contributed by atoms with Crippen molar-refractivity contribution in [2.45, 2.75) is 46.1 Å². The molecule has 1 aromatic rings. The van der Waals surface area contributed by atoms with Gasteiger partial charge in [0.15, 0.2) is 0 Å². The molecule has 16 heavy (non-hydrogen) atoms. The van der Waals surface area contributed by atoms with Gasteiger partial charge in [0.1, 0.15) is 11.9 Å². The molecule has 1 N–H and O–H groups in total. The quantitative estimate of drug-likeness (QED) is 0.823. The molecule has 3 nitrogen and oxygen atoms in total. The summed E-state index contributed by atoms with van der Waals surface area (Å²) in [6.07, 6.45) is 3.30. The normalized spacial score (nSPS) is 11.9. The Balaban J connectivity index is 2.86. The first-order chi connectivity index (χ1) is 7.71. The molecule has 1 unspecified atom stereocenters. The lowest BCUT2D eigenvalue weighted by molar-refractivity contribution is 0.620. The zero-order valence-electron chi connectivity index (χ0n) is 10.2. The van der Waals surface area contributed by atoms with Crippen LogP contribution in [0.2, 0.25) is 0 Å². The van der Waals surface area contributed by atoms with Crippen LogP contribution < -0.4 is 5.32 Å². The summed E-state index contributed by atoms with van der Waals surface area (Å²) in [7, 11) is 0. The number of aryl methyl sites for hydroxylation is 1. The number of anilines is 1. The number of hydrogen-bond donors (Lipinski definition) is 1. The lowest BCUT2D eigenvalue weighted by Gasteiger charge is -2.17. The summed E-state index contributed by atoms with van der Waals surface area (Å²) >= 11 is 0. The van der Waals surface area contributed by atoms with E-state index in [-0.39, 0.29) is 0 Å². The molecule has 0 amide bonds. The standard InChI is InChI=1S/C13H19N3/c1-4-6-12(5-2)16-13-11(9-14)8-7-10(3)15-13/h7-8,12H,4-6H2,1-3H3,(H,15,16). The smallest absolute Gasteiger partial charge is 0.144 e. The molecule has 1 atom stereocenters. The summed E-state index contributed by atoms with van der Waals surface area (Å²) in [6, 6.07) is 6.27. The molecule has 0 saturated heterocycles. The molecule has 3 heteroatoms. The van der Waals surface area contributed by atoms with Crippen molar-refractivity contribution in [3.05, 3.63) is 23.4 Å². The topological polar surface area (TPSA) is 48.7 Å². The molecule has 86 valence electrons. The Hall–Kier alpha value is -1.56. The van der Waals surface area contributed by atoms with Crippen molar-refractivity contribution in [3.63, 3.8) is 0 Å². The lowest BCUT2D eigenvalue weighted by Crippen LogP contribution is -2.19. The Morgan fingerprint density at radius 2 is 2.19 bits per heavy atom. The molecule has 0 saturated carbocycles. The second-order valence-corrected chi connectivity index (χ2v) is 4.00. The minimum atomic E-state index is 0.409. The molecule has 0 fully saturated rings. The number of hydrogen-bond acceptors (Lipinski definition) is 3. The van der Waals surface area contributed by atoms with Crippen LogP contribution in [0.25, 0.3) is 0 Å². The van der Waals surface area contributed by atoms with E-state index in [1.54, 1.807) is 0 Å². The summed E-state index contributed by atoms with van der Waals surface area (Å²) < 4.78 is 0. The van der Waals surface area contributed by atoms with Gasteiger partial charge in [-0.25, -0.2) is 4.98 Å². The number of rotatable bonds is 5. The predicted octanol–water partition coefficient (Wildman–Crippen LogP) is 3.25. The van der Waals surface area contributed by atoms with Crippen LogP contribution in [0.4, 0.5) is 5.82 Å². The zero-order chi connectivity index (χ0) is 12.0. The van der Waals surface area contributed by atoms with Crippen LogP contribution in [-0.4, -0.2) is 11.0 Å². The number of nitrogens with one attached hydrogen (secondary N) is 1. The highest BCUT2D eigenvalue weighted by Gasteiger charge is 2.09. The maximum absolute atomic E-state index is 8.99. The summed E-state index contributed by atoms with van der Waals surface area (Å²) in [4.78, 5) is 4.38. The van der Waals surface area contributed by atoms with Crippen molar-refractivity contribution in [2.24, 2.45) is 0 Å². The largest absolute Gasteiger partial charge is 0.366 e. The zero-order valence-corrected chi connectivity index (χ0v) is 10.2. The van der Waals surface area contributed by atoms with E-state index >= 15 is 0 Å². The average molecular weight is 217 g/mol. The molecule has 0 bridgehead atoms. The fraction of sp³-hybridized carbons (Fsp3) is 0.538. The van der Waals surface area contributed by atoms with Gasteiger partial charge in [0, 0.05) is 11.7 Å². The fourth-order valence-electron chi connectivity index (χ4n) is 1.68. The van der Waals surface area contributed by atoms with Crippen molar-refractivity contribution in [3.8, 4) is 6.07 Å². The van der Waals surface area contributed by atoms with E-state index in [9.17, 15) is 0 Å². The van der Waals surface area contributed by atoms with Gasteiger partial charge in [0.2, 0.25) is 0 Å². The van der Waals surface area contributed by atoms with Crippen molar-refractivity contribution in [1.82, 2.24) is 4.98 Å². The van der Waals surface area contributed by atoms with Crippen molar-refractivity contribution < 1.29 is 0 Å². The first-order valence-corrected chi connectivity index (χ1v) is 5.85. The van der Waals surface area contributed by atoms with Gasteiger partial charge < -0.3 is 5.32 Å². The van der Waals surface area contributed by atoms with Crippen LogP contribution in [0.1, 0.15) is 44.4 Å². The Morgan fingerprint density at radius 1 is 1.44 bits per heavy atom. The Kier molecular flexibility index (Phi) is 4.78. The van der Waals surface area contributed by atoms with E-state index in [1.165, 1.54) is 0 Å². The summed E-state index contributed by atoms with van der Waals surface area (Å²) in [5.41, 5.74) is 1.56. The molecular formula is C13H19N3. The molecular weight excluding hydrogens is 198 g/mol. The Morgan fingerprint density at radius 3 is 2.75 bits per heavy atom. The van der Waals surface area contributed by atoms with E-state index < -0.39 is 0 Å². The third kappa shape index (κ3) is 3.23. The van der Waals surface area contributed by atoms with Crippen LogP contribution in [-0.2, 0) is 0 Å². The van der Waals surface area contributed by atoms with Gasteiger partial charge >= 0.3 is 0 Å². The van der Waals surface area contributed by atoms with Crippen LogP contribution in [0.5, 0.6) is 0 Å². The first-order valence-electron chi connectivity index (χ1n) is 5.85. The minimum Gasteiger partial charge on any atom is -0.366 e. The van der Waals surface area contributed by atoms with Gasteiger partial charge in [0.05, 0.1) is 5.56 Å². The third-order valence-electron chi connectivity index (χ3n) is 2.63. The van der Waals surface area contributed by atoms with E-state index in [2.05, 4.69) is 30.2 Å². The van der Waals surface area contributed by atoms with Gasteiger partial charge in [-0.15, -0.1) is 0 Å². The molecule has 0 aliphatic carbocycles. The summed E-state index contributed by atoms with van der Waals surface area (Å²) in [5.74, 6) is 0.725. The van der Waals surface area contributed by atoms with E-state index in [4.69, 9.17) is 5.26 Å². The van der Waals surface area contributed by atoms with Gasteiger partial charge in [0.25, 0.3) is 0 Å². The van der Waals surface area contributed by atoms with Gasteiger partial charge in [-0.3, -0.25) is 0 Å². The molecule has 1 rings (SSSR count). The van der Waals surface area contributed by atoms with Crippen molar-refractivity contribution in [2.75, 3.05) is 5.32 Å². The van der Waals surface area contributed by atoms with E-state index in [1.807, 2.05) is 19.1 Å². The van der Waals surface area contributed by atoms with Gasteiger partial charge in [-0.1, -0.05) is 20.3 Å². The Labute approximate surface area is 97.5 Å². The highest BCUT2D eigenvalue weighted by molar-refractivity contribution is 5.52. The van der Waals surface area contributed by atoms with E-state index in [0.29, 0.717) is 11.6 Å². The highest BCUT2D eigenvalue weighted by atomic mass is 15.0. The summed E-state index contributed by atoms with van der Waals surface area (Å²) in [6.45, 7) is 6.25. The second kappa shape index (κ2) is 6.12. The fourth-order valence-corrected chi connectivity index (χ4v) is 1.68. The number of nitriles is 1. The number of pyridine rings is 1. The van der Waals surface area contributed by atoms with E-state index in [0.717, 1.165) is 30.8 Å². The Bertz CT molecular complexity index is 379. The molecule has 0 spiro atoms. The predicted molar refractivity (Wildman–Crippen MR) is 66.3 cm³/mol. The van der Waals surface area contributed by atoms with Crippen molar-refractivity contribution in [1.29, 1.82) is 5.26 Å². The molecule has 0 aliphatic heterocycles. The average Bonchev–Trinajstić information content (AvgIpc) is 2.29. The number of aromatic nitrogens is 1. The van der Waals surface area contributed by atoms with Crippen LogP contribution in [0, 0.1) is 18.3 Å². The molecule has 0 aliphatic rings. The first kappa shape index (κ1) is 12.5. The maximum Gasteiger partial charge on any atom is 0.144 e. The van der Waals surface area contributed by atoms with Crippen LogP contribution in [0.15, 0.2) is 12.1 Å². The maximum atomic E-state index is 8.99. The minimum absolute atomic E-state index is 0.409. The highest BCUT2D eigenvalue weighted by Crippen LogP contribution is 2.16. The molecule has 1 heterocycles. The number of nitrogens with zero attached hydrogens (tertiary/aromatic N) is 2. The van der Waals surface area contributed by atoms with Crippen LogP contribution >= 0.6 is 0 Å². The molecule has 0 aromatic carbocycles. The SMILES string of the molecule is CCCC(CC)Nc1nc(C)ccc1C#N.